The summed E-state index contributed by atoms with van der Waals surface area (Å²) in [6.07, 6.45) is 1.65. The number of piperazine rings is 1. The van der Waals surface area contributed by atoms with E-state index >= 15 is 0 Å². The van der Waals surface area contributed by atoms with Crippen LogP contribution in [0.5, 0.6) is 5.75 Å². The number of aryl methyl sites for hydroxylation is 1. The minimum Gasteiger partial charge on any atom is -0.494 e. The number of anilines is 6. The lowest BCUT2D eigenvalue weighted by molar-refractivity contribution is 0.0993. The Balaban J connectivity index is 1.43. The molecule has 9 nitrogen and oxygen atoms in total. The van der Waals surface area contributed by atoms with Crippen LogP contribution in [0.1, 0.15) is 15.9 Å². The quantitative estimate of drug-likeness (QED) is 0.612. The summed E-state index contributed by atoms with van der Waals surface area (Å²) in [5, 5.41) is 6.59. The third-order valence-corrected chi connectivity index (χ3v) is 6.48. The molecular weight excluding hydrogens is 430 g/mol. The van der Waals surface area contributed by atoms with Crippen molar-refractivity contribution in [3.63, 3.8) is 0 Å². The predicted octanol–water partition coefficient (Wildman–Crippen LogP) is 3.62. The van der Waals surface area contributed by atoms with E-state index in [1.54, 1.807) is 25.3 Å². The van der Waals surface area contributed by atoms with Gasteiger partial charge < -0.3 is 30.1 Å². The van der Waals surface area contributed by atoms with Crippen LogP contribution in [-0.4, -0.2) is 68.2 Å². The molecule has 2 N–H and O–H groups in total. The van der Waals surface area contributed by atoms with Crippen molar-refractivity contribution in [1.82, 2.24) is 14.9 Å². The number of rotatable bonds is 4. The topological polar surface area (TPSA) is 85.9 Å². The minimum absolute atomic E-state index is 0.0928. The summed E-state index contributed by atoms with van der Waals surface area (Å²) in [5.74, 6) is 1.60. The fourth-order valence-electron chi connectivity index (χ4n) is 4.40. The largest absolute Gasteiger partial charge is 0.494 e. The second-order valence-electron chi connectivity index (χ2n) is 8.71. The van der Waals surface area contributed by atoms with E-state index in [4.69, 9.17) is 4.74 Å². The van der Waals surface area contributed by atoms with E-state index in [-0.39, 0.29) is 5.91 Å². The van der Waals surface area contributed by atoms with Crippen LogP contribution < -0.4 is 25.2 Å². The first-order chi connectivity index (χ1) is 16.4. The van der Waals surface area contributed by atoms with Gasteiger partial charge in [-0.3, -0.25) is 4.79 Å². The Bertz CT molecular complexity index is 1240. The SMILES string of the molecule is COc1cc(N2CCN(C)CC2)ccc1Nc1ncc2c(n1)Nc1cccc(C)c1C(=O)N2C. The molecule has 0 bridgehead atoms. The zero-order valence-electron chi connectivity index (χ0n) is 19.9. The minimum atomic E-state index is -0.0928. The smallest absolute Gasteiger partial charge is 0.260 e. The first kappa shape index (κ1) is 22.0. The number of benzene rings is 2. The van der Waals surface area contributed by atoms with Crippen LogP contribution in [-0.2, 0) is 0 Å². The molecule has 5 rings (SSSR count). The van der Waals surface area contributed by atoms with E-state index in [9.17, 15) is 4.79 Å². The maximum absolute atomic E-state index is 13.1. The summed E-state index contributed by atoms with van der Waals surface area (Å²) in [4.78, 5) is 28.5. The third-order valence-electron chi connectivity index (χ3n) is 6.48. The molecule has 1 saturated heterocycles. The number of hydrogen-bond donors (Lipinski definition) is 2. The van der Waals surface area contributed by atoms with Crippen molar-refractivity contribution in [2.75, 3.05) is 67.8 Å². The van der Waals surface area contributed by atoms with Gasteiger partial charge in [-0.25, -0.2) is 4.98 Å². The van der Waals surface area contributed by atoms with E-state index in [1.807, 2.05) is 37.3 Å². The number of ether oxygens (including phenoxy) is 1. The van der Waals surface area contributed by atoms with Crippen LogP contribution in [0, 0.1) is 6.92 Å². The second-order valence-corrected chi connectivity index (χ2v) is 8.71. The Labute approximate surface area is 199 Å². The van der Waals surface area contributed by atoms with E-state index in [1.165, 1.54) is 0 Å². The summed E-state index contributed by atoms with van der Waals surface area (Å²) >= 11 is 0. The highest BCUT2D eigenvalue weighted by molar-refractivity contribution is 6.13. The van der Waals surface area contributed by atoms with Crippen molar-refractivity contribution >= 4 is 40.4 Å². The monoisotopic (exact) mass is 459 g/mol. The van der Waals surface area contributed by atoms with Crippen molar-refractivity contribution in [3.05, 3.63) is 53.7 Å². The van der Waals surface area contributed by atoms with Gasteiger partial charge in [-0.05, 0) is 37.7 Å². The molecule has 34 heavy (non-hydrogen) atoms. The van der Waals surface area contributed by atoms with Gasteiger partial charge in [0.2, 0.25) is 5.95 Å². The molecule has 3 heterocycles. The van der Waals surface area contributed by atoms with Gasteiger partial charge in [-0.15, -0.1) is 0 Å². The highest BCUT2D eigenvalue weighted by Crippen LogP contribution is 2.36. The Kier molecular flexibility index (Phi) is 5.70. The van der Waals surface area contributed by atoms with Gasteiger partial charge in [0.1, 0.15) is 11.4 Å². The number of amides is 1. The zero-order valence-corrected chi connectivity index (χ0v) is 19.9. The van der Waals surface area contributed by atoms with Crippen molar-refractivity contribution in [2.45, 2.75) is 6.92 Å². The number of nitrogens with one attached hydrogen (secondary N) is 2. The molecule has 2 aliphatic rings. The summed E-state index contributed by atoms with van der Waals surface area (Å²) in [5.41, 5.74) is 4.80. The number of methoxy groups -OCH3 is 1. The molecule has 0 unspecified atom stereocenters. The number of carbonyl (C=O) groups is 1. The maximum atomic E-state index is 13.1. The van der Waals surface area contributed by atoms with E-state index in [0.717, 1.165) is 54.6 Å². The summed E-state index contributed by atoms with van der Waals surface area (Å²) in [7, 11) is 5.54. The van der Waals surface area contributed by atoms with Crippen LogP contribution in [0.2, 0.25) is 0 Å². The molecule has 2 aliphatic heterocycles. The van der Waals surface area contributed by atoms with Crippen molar-refractivity contribution in [1.29, 1.82) is 0 Å². The van der Waals surface area contributed by atoms with Gasteiger partial charge >= 0.3 is 0 Å². The maximum Gasteiger partial charge on any atom is 0.260 e. The number of likely N-dealkylation sites (N-methyl/N-ethyl adjacent to an activating group) is 1. The molecule has 1 fully saturated rings. The molecular formula is C25H29N7O2. The average molecular weight is 460 g/mol. The van der Waals surface area contributed by atoms with Crippen molar-refractivity contribution in [2.24, 2.45) is 0 Å². The molecule has 176 valence electrons. The van der Waals surface area contributed by atoms with Crippen LogP contribution in [0.15, 0.2) is 42.6 Å². The van der Waals surface area contributed by atoms with Crippen LogP contribution in [0.25, 0.3) is 0 Å². The Morgan fingerprint density at radius 1 is 1.09 bits per heavy atom. The number of carbonyl (C=O) groups excluding carboxylic acids is 1. The molecule has 1 amide bonds. The number of hydrogen-bond acceptors (Lipinski definition) is 8. The lowest BCUT2D eigenvalue weighted by atomic mass is 10.1. The Morgan fingerprint density at radius 2 is 1.88 bits per heavy atom. The molecule has 1 aromatic heterocycles. The Morgan fingerprint density at radius 3 is 2.65 bits per heavy atom. The lowest BCUT2D eigenvalue weighted by Crippen LogP contribution is -2.44. The van der Waals surface area contributed by atoms with Gasteiger partial charge in [0.25, 0.3) is 5.91 Å². The predicted molar refractivity (Wildman–Crippen MR) is 135 cm³/mol. The van der Waals surface area contributed by atoms with E-state index in [0.29, 0.717) is 23.0 Å². The van der Waals surface area contributed by atoms with Crippen LogP contribution in [0.4, 0.5) is 34.5 Å². The van der Waals surface area contributed by atoms with Gasteiger partial charge in [0, 0.05) is 45.0 Å². The first-order valence-electron chi connectivity index (χ1n) is 11.3. The normalized spacial score (nSPS) is 15.8. The van der Waals surface area contributed by atoms with Gasteiger partial charge in [-0.2, -0.15) is 4.98 Å². The average Bonchev–Trinajstić information content (AvgIpc) is 2.94. The molecule has 3 aromatic rings. The van der Waals surface area contributed by atoms with Crippen molar-refractivity contribution in [3.8, 4) is 5.75 Å². The fraction of sp³-hybridized carbons (Fsp3) is 0.320. The molecule has 0 aliphatic carbocycles. The lowest BCUT2D eigenvalue weighted by Gasteiger charge is -2.34. The second kappa shape index (κ2) is 8.83. The molecule has 9 heteroatoms. The van der Waals surface area contributed by atoms with Gasteiger partial charge in [0.15, 0.2) is 5.82 Å². The van der Waals surface area contributed by atoms with Crippen molar-refractivity contribution < 1.29 is 9.53 Å². The molecule has 0 spiro atoms. The molecule has 0 atom stereocenters. The summed E-state index contributed by atoms with van der Waals surface area (Å²) in [6, 6.07) is 11.9. The number of fused-ring (bicyclic) bond motifs is 2. The highest BCUT2D eigenvalue weighted by atomic mass is 16.5. The van der Waals surface area contributed by atoms with Crippen LogP contribution in [0.3, 0.4) is 0 Å². The molecule has 0 saturated carbocycles. The number of aromatic nitrogens is 2. The van der Waals surface area contributed by atoms with E-state index in [2.05, 4.69) is 43.5 Å². The highest BCUT2D eigenvalue weighted by Gasteiger charge is 2.27. The van der Waals surface area contributed by atoms with Gasteiger partial charge in [0.05, 0.1) is 30.2 Å². The molecule has 0 radical (unpaired) electrons. The summed E-state index contributed by atoms with van der Waals surface area (Å²) in [6.45, 7) is 5.98. The standard InChI is InChI=1S/C25H29N7O2/c1-16-6-5-7-19-22(16)24(33)31(3)20-15-26-25(29-23(20)27-19)28-18-9-8-17(14-21(18)34-4)32-12-10-30(2)11-13-32/h5-9,14-15H,10-13H2,1-4H3,(H2,26,27,28,29). The fourth-order valence-corrected chi connectivity index (χ4v) is 4.40. The van der Waals surface area contributed by atoms with E-state index < -0.39 is 0 Å². The summed E-state index contributed by atoms with van der Waals surface area (Å²) < 4.78 is 5.67. The Hall–Kier alpha value is -3.85. The third kappa shape index (κ3) is 3.99. The number of nitrogens with zero attached hydrogens (tertiary/aromatic N) is 5. The molecule has 2 aromatic carbocycles. The first-order valence-corrected chi connectivity index (χ1v) is 11.3. The van der Waals surface area contributed by atoms with Crippen LogP contribution >= 0.6 is 0 Å². The van der Waals surface area contributed by atoms with Gasteiger partial charge in [-0.1, -0.05) is 12.1 Å². The zero-order chi connectivity index (χ0) is 23.8.